The monoisotopic (exact) mass is 401 g/mol. The van der Waals surface area contributed by atoms with E-state index in [0.29, 0.717) is 19.0 Å². The highest BCUT2D eigenvalue weighted by molar-refractivity contribution is 6.28. The van der Waals surface area contributed by atoms with Gasteiger partial charge in [-0.25, -0.2) is 4.98 Å². The summed E-state index contributed by atoms with van der Waals surface area (Å²) in [4.78, 5) is 12.6. The van der Waals surface area contributed by atoms with Gasteiger partial charge in [-0.3, -0.25) is 0 Å². The summed E-state index contributed by atoms with van der Waals surface area (Å²) in [5, 5.41) is 3.84. The maximum atomic E-state index is 13.8. The lowest BCUT2D eigenvalue weighted by molar-refractivity contribution is 0.132. The highest BCUT2D eigenvalue weighted by atomic mass is 35.5. The zero-order chi connectivity index (χ0) is 19.8. The SMILES string of the molecule is CCOc1cc(/C=N\OCc2ccccc2)ccc1Oc1nc(Cl)ncc1F. The Balaban J connectivity index is 1.71. The Labute approximate surface area is 166 Å². The molecule has 0 fully saturated rings. The standard InChI is InChI=1S/C20H17ClFN3O3/c1-2-26-18-10-15(11-24-27-13-14-6-4-3-5-7-14)8-9-17(18)28-19-16(22)12-23-20(21)25-19/h3-12H,2,13H2,1H3/b24-11-. The number of benzene rings is 2. The molecule has 8 heteroatoms. The van der Waals surface area contributed by atoms with Crippen LogP contribution in [0.2, 0.25) is 5.28 Å². The average Bonchev–Trinajstić information content (AvgIpc) is 2.71. The highest BCUT2D eigenvalue weighted by Gasteiger charge is 2.13. The summed E-state index contributed by atoms with van der Waals surface area (Å²) >= 11 is 5.69. The second-order valence-electron chi connectivity index (χ2n) is 5.53. The van der Waals surface area contributed by atoms with Crippen LogP contribution in [-0.4, -0.2) is 22.8 Å². The van der Waals surface area contributed by atoms with Crippen LogP contribution >= 0.6 is 11.6 Å². The summed E-state index contributed by atoms with van der Waals surface area (Å²) in [6.45, 7) is 2.59. The first-order valence-electron chi connectivity index (χ1n) is 8.47. The number of ether oxygens (including phenoxy) is 2. The van der Waals surface area contributed by atoms with Gasteiger partial charge in [0.05, 0.1) is 19.0 Å². The third-order valence-corrected chi connectivity index (χ3v) is 3.69. The number of aromatic nitrogens is 2. The molecule has 0 bridgehead atoms. The van der Waals surface area contributed by atoms with Crippen molar-refractivity contribution in [3.63, 3.8) is 0 Å². The minimum Gasteiger partial charge on any atom is -0.490 e. The van der Waals surface area contributed by atoms with E-state index in [1.807, 2.05) is 37.3 Å². The number of hydrogen-bond donors (Lipinski definition) is 0. The Hall–Kier alpha value is -3.19. The van der Waals surface area contributed by atoms with Gasteiger partial charge in [0.2, 0.25) is 11.1 Å². The second-order valence-corrected chi connectivity index (χ2v) is 5.86. The van der Waals surface area contributed by atoms with Gasteiger partial charge in [0.1, 0.15) is 6.61 Å². The van der Waals surface area contributed by atoms with Crippen LogP contribution in [0.15, 0.2) is 59.9 Å². The summed E-state index contributed by atoms with van der Waals surface area (Å²) in [5.41, 5.74) is 1.74. The molecule has 1 heterocycles. The molecule has 28 heavy (non-hydrogen) atoms. The minimum absolute atomic E-state index is 0.117. The molecule has 0 aliphatic carbocycles. The summed E-state index contributed by atoms with van der Waals surface area (Å²) in [7, 11) is 0. The highest BCUT2D eigenvalue weighted by Crippen LogP contribution is 2.32. The predicted octanol–water partition coefficient (Wildman–Crippen LogP) is 5.01. The van der Waals surface area contributed by atoms with E-state index >= 15 is 0 Å². The number of halogens is 2. The molecular weight excluding hydrogens is 385 g/mol. The van der Waals surface area contributed by atoms with Crippen molar-refractivity contribution in [3.8, 4) is 17.4 Å². The van der Waals surface area contributed by atoms with Crippen LogP contribution in [0.3, 0.4) is 0 Å². The molecule has 2 aromatic carbocycles. The molecule has 1 aromatic heterocycles. The van der Waals surface area contributed by atoms with Crippen molar-refractivity contribution in [2.45, 2.75) is 13.5 Å². The largest absolute Gasteiger partial charge is 0.490 e. The van der Waals surface area contributed by atoms with Gasteiger partial charge in [0, 0.05) is 5.56 Å². The van der Waals surface area contributed by atoms with E-state index in [4.69, 9.17) is 25.9 Å². The maximum Gasteiger partial charge on any atom is 0.260 e. The summed E-state index contributed by atoms with van der Waals surface area (Å²) < 4.78 is 24.9. The Morgan fingerprint density at radius 2 is 1.96 bits per heavy atom. The van der Waals surface area contributed by atoms with Crippen LogP contribution in [0.25, 0.3) is 0 Å². The van der Waals surface area contributed by atoms with Crippen LogP contribution in [0.1, 0.15) is 18.1 Å². The van der Waals surface area contributed by atoms with E-state index in [1.165, 1.54) is 0 Å². The fraction of sp³-hybridized carbons (Fsp3) is 0.150. The van der Waals surface area contributed by atoms with Gasteiger partial charge in [-0.15, -0.1) is 0 Å². The lowest BCUT2D eigenvalue weighted by Gasteiger charge is -2.12. The Bertz CT molecular complexity index is 955. The third kappa shape index (κ3) is 5.40. The van der Waals surface area contributed by atoms with Crippen molar-refractivity contribution in [2.75, 3.05) is 6.61 Å². The molecule has 144 valence electrons. The van der Waals surface area contributed by atoms with E-state index in [-0.39, 0.29) is 16.9 Å². The molecule has 3 rings (SSSR count). The molecule has 0 unspecified atom stereocenters. The molecule has 0 radical (unpaired) electrons. The van der Waals surface area contributed by atoms with Crippen molar-refractivity contribution in [1.82, 2.24) is 9.97 Å². The van der Waals surface area contributed by atoms with Crippen molar-refractivity contribution in [3.05, 3.63) is 77.0 Å². The predicted molar refractivity (Wildman–Crippen MR) is 104 cm³/mol. The van der Waals surface area contributed by atoms with E-state index in [0.717, 1.165) is 17.3 Å². The van der Waals surface area contributed by atoms with Gasteiger partial charge in [0.25, 0.3) is 5.88 Å². The van der Waals surface area contributed by atoms with Crippen LogP contribution in [-0.2, 0) is 11.4 Å². The zero-order valence-electron chi connectivity index (χ0n) is 15.0. The number of hydrogen-bond acceptors (Lipinski definition) is 6. The quantitative estimate of drug-likeness (QED) is 0.301. The van der Waals surface area contributed by atoms with Gasteiger partial charge < -0.3 is 14.3 Å². The van der Waals surface area contributed by atoms with Gasteiger partial charge in [-0.05, 0) is 42.3 Å². The third-order valence-electron chi connectivity index (χ3n) is 3.51. The van der Waals surface area contributed by atoms with E-state index in [1.54, 1.807) is 24.4 Å². The smallest absolute Gasteiger partial charge is 0.260 e. The summed E-state index contributed by atoms with van der Waals surface area (Å²) in [6, 6.07) is 14.8. The number of oxime groups is 1. The first-order chi connectivity index (χ1) is 13.7. The molecule has 0 saturated carbocycles. The van der Waals surface area contributed by atoms with Crippen molar-refractivity contribution >= 4 is 17.8 Å². The van der Waals surface area contributed by atoms with Gasteiger partial charge in [0.15, 0.2) is 11.5 Å². The molecule has 0 atom stereocenters. The van der Waals surface area contributed by atoms with Crippen molar-refractivity contribution in [2.24, 2.45) is 5.16 Å². The Morgan fingerprint density at radius 3 is 2.75 bits per heavy atom. The Morgan fingerprint density at radius 1 is 1.14 bits per heavy atom. The lowest BCUT2D eigenvalue weighted by Crippen LogP contribution is -1.99. The summed E-state index contributed by atoms with van der Waals surface area (Å²) in [5.74, 6) is -0.318. The fourth-order valence-electron chi connectivity index (χ4n) is 2.25. The molecule has 3 aromatic rings. The van der Waals surface area contributed by atoms with E-state index in [2.05, 4.69) is 15.1 Å². The molecule has 0 N–H and O–H groups in total. The number of nitrogens with zero attached hydrogens (tertiary/aromatic N) is 3. The first-order valence-corrected chi connectivity index (χ1v) is 8.85. The molecule has 6 nitrogen and oxygen atoms in total. The van der Waals surface area contributed by atoms with Crippen molar-refractivity contribution in [1.29, 1.82) is 0 Å². The normalized spacial score (nSPS) is 10.8. The fourth-order valence-corrected chi connectivity index (χ4v) is 2.37. The molecule has 0 spiro atoms. The molecular formula is C20H17ClFN3O3. The van der Waals surface area contributed by atoms with E-state index < -0.39 is 5.82 Å². The van der Waals surface area contributed by atoms with Crippen LogP contribution < -0.4 is 9.47 Å². The van der Waals surface area contributed by atoms with Crippen LogP contribution in [0, 0.1) is 5.82 Å². The number of rotatable bonds is 8. The average molecular weight is 402 g/mol. The van der Waals surface area contributed by atoms with Crippen LogP contribution in [0.4, 0.5) is 4.39 Å². The summed E-state index contributed by atoms with van der Waals surface area (Å²) in [6.07, 6.45) is 2.49. The molecule has 0 aliphatic rings. The van der Waals surface area contributed by atoms with Crippen molar-refractivity contribution < 1.29 is 18.7 Å². The topological polar surface area (TPSA) is 65.8 Å². The Kier molecular flexibility index (Phi) is 6.75. The lowest BCUT2D eigenvalue weighted by atomic mass is 10.2. The minimum atomic E-state index is -0.730. The maximum absolute atomic E-state index is 13.8. The van der Waals surface area contributed by atoms with Crippen LogP contribution in [0.5, 0.6) is 17.4 Å². The second kappa shape index (κ2) is 9.66. The van der Waals surface area contributed by atoms with Gasteiger partial charge in [-0.2, -0.15) is 9.37 Å². The molecule has 0 amide bonds. The molecule has 0 aliphatic heterocycles. The zero-order valence-corrected chi connectivity index (χ0v) is 15.8. The van der Waals surface area contributed by atoms with Gasteiger partial charge >= 0.3 is 0 Å². The molecule has 0 saturated heterocycles. The van der Waals surface area contributed by atoms with E-state index in [9.17, 15) is 4.39 Å². The first kappa shape index (κ1) is 19.6. The van der Waals surface area contributed by atoms with Gasteiger partial charge in [-0.1, -0.05) is 35.5 Å².